The molecule has 0 spiro atoms. The number of hydrogen-bond donors (Lipinski definition) is 0. The Morgan fingerprint density at radius 1 is 0.314 bits per heavy atom. The van der Waals surface area contributed by atoms with Crippen LogP contribution < -0.4 is 0 Å². The van der Waals surface area contributed by atoms with Gasteiger partial charge in [0.2, 0.25) is 0 Å². The van der Waals surface area contributed by atoms with Crippen molar-refractivity contribution in [3.05, 3.63) is 97.2 Å². The number of allylic oxidation sites excluding steroid dienone is 15. The van der Waals surface area contributed by atoms with Crippen LogP contribution in [-0.4, -0.2) is 37.2 Å². The van der Waals surface area contributed by atoms with Crippen LogP contribution in [-0.2, 0) is 28.6 Å². The molecular weight excluding hydrogens is 865 g/mol. The second-order valence-corrected chi connectivity index (χ2v) is 19.2. The van der Waals surface area contributed by atoms with Crippen molar-refractivity contribution in [2.24, 2.45) is 0 Å². The van der Waals surface area contributed by atoms with Crippen molar-refractivity contribution < 1.29 is 28.6 Å². The lowest BCUT2D eigenvalue weighted by Gasteiger charge is -2.18. The number of carbonyl (C=O) groups is 3. The molecule has 0 rings (SSSR count). The minimum absolute atomic E-state index is 0.0898. The third-order valence-electron chi connectivity index (χ3n) is 12.4. The van der Waals surface area contributed by atoms with Crippen molar-refractivity contribution in [2.75, 3.05) is 13.2 Å². The van der Waals surface area contributed by atoms with Gasteiger partial charge >= 0.3 is 17.9 Å². The van der Waals surface area contributed by atoms with Gasteiger partial charge in [-0.3, -0.25) is 14.4 Å². The molecule has 70 heavy (non-hydrogen) atoms. The van der Waals surface area contributed by atoms with Crippen LogP contribution in [0.25, 0.3) is 0 Å². The quantitative estimate of drug-likeness (QED) is 0.0262. The van der Waals surface area contributed by atoms with E-state index in [9.17, 15) is 14.4 Å². The number of unbranched alkanes of at least 4 members (excludes halogenated alkanes) is 26. The van der Waals surface area contributed by atoms with Gasteiger partial charge in [0.15, 0.2) is 6.10 Å². The van der Waals surface area contributed by atoms with Crippen LogP contribution in [0.5, 0.6) is 0 Å². The number of hydrogen-bond acceptors (Lipinski definition) is 6. The van der Waals surface area contributed by atoms with E-state index in [0.29, 0.717) is 19.3 Å². The fraction of sp³-hybridized carbons (Fsp3) is 0.703. The average Bonchev–Trinajstić information content (AvgIpc) is 3.36. The normalized spacial score (nSPS) is 12.8. The maximum atomic E-state index is 12.8. The molecule has 0 saturated carbocycles. The Morgan fingerprint density at radius 3 is 0.943 bits per heavy atom. The fourth-order valence-electron chi connectivity index (χ4n) is 8.06. The molecule has 0 saturated heterocycles. The highest BCUT2D eigenvalue weighted by Crippen LogP contribution is 2.16. The summed E-state index contributed by atoms with van der Waals surface area (Å²) < 4.78 is 16.7. The molecular formula is C64H108O6. The lowest BCUT2D eigenvalue weighted by atomic mass is 10.0. The van der Waals surface area contributed by atoms with Gasteiger partial charge in [-0.15, -0.1) is 0 Å². The van der Waals surface area contributed by atoms with Crippen molar-refractivity contribution in [1.29, 1.82) is 0 Å². The van der Waals surface area contributed by atoms with E-state index in [1.54, 1.807) is 6.08 Å². The number of rotatable bonds is 52. The Kier molecular flexibility index (Phi) is 54.9. The first-order valence-corrected chi connectivity index (χ1v) is 29.2. The molecule has 6 nitrogen and oxygen atoms in total. The van der Waals surface area contributed by atoms with E-state index in [2.05, 4.69) is 106 Å². The number of carbonyl (C=O) groups excluding carboxylic acids is 3. The Balaban J connectivity index is 4.37. The van der Waals surface area contributed by atoms with E-state index in [4.69, 9.17) is 14.2 Å². The van der Waals surface area contributed by atoms with Crippen LogP contribution in [0.4, 0.5) is 0 Å². The van der Waals surface area contributed by atoms with Crippen LogP contribution >= 0.6 is 0 Å². The van der Waals surface area contributed by atoms with Crippen LogP contribution in [0.1, 0.15) is 271 Å². The molecule has 0 aromatic rings. The first-order chi connectivity index (χ1) is 34.5. The maximum Gasteiger partial charge on any atom is 0.310 e. The standard InChI is InChI=1S/C64H108O6/c1-4-7-10-13-16-19-22-25-27-28-29-30-31-32-33-34-35-37-39-42-45-48-51-54-57-63(66)69-60-61(59-68-62(65)56-53-50-47-44-41-38-24-21-18-15-12-9-6-3)70-64(67)58-55-52-49-46-43-40-36-26-23-20-17-14-11-8-5-2/h8-9,11-12,17-18,20-21,26,36,38,41,43,46,52,55,61H,4-7,10,13-16,19,22-25,27-35,37,39-40,42,44-45,47-51,53-54,56-60H2,1-3H3/b11-8-,12-9-,20-17-,21-18-,36-26-,41-38-,46-43-,55-52-. The third-order valence-corrected chi connectivity index (χ3v) is 12.4. The molecule has 0 N–H and O–H groups in total. The van der Waals surface area contributed by atoms with E-state index in [-0.39, 0.29) is 31.6 Å². The zero-order chi connectivity index (χ0) is 50.7. The van der Waals surface area contributed by atoms with E-state index in [0.717, 1.165) is 89.9 Å². The Hall–Kier alpha value is -3.67. The van der Waals surface area contributed by atoms with Gasteiger partial charge in [0.1, 0.15) is 13.2 Å². The summed E-state index contributed by atoms with van der Waals surface area (Å²) >= 11 is 0. The van der Waals surface area contributed by atoms with Gasteiger partial charge in [0, 0.05) is 12.8 Å². The Morgan fingerprint density at radius 2 is 0.600 bits per heavy atom. The highest BCUT2D eigenvalue weighted by Gasteiger charge is 2.19. The van der Waals surface area contributed by atoms with Crippen molar-refractivity contribution >= 4 is 17.9 Å². The third kappa shape index (κ3) is 55.3. The molecule has 0 aliphatic heterocycles. The second-order valence-electron chi connectivity index (χ2n) is 19.2. The molecule has 0 aliphatic carbocycles. The summed E-state index contributed by atoms with van der Waals surface area (Å²) in [5.41, 5.74) is 0. The summed E-state index contributed by atoms with van der Waals surface area (Å²) in [4.78, 5) is 38.0. The first-order valence-electron chi connectivity index (χ1n) is 29.2. The molecule has 0 aromatic carbocycles. The van der Waals surface area contributed by atoms with Gasteiger partial charge in [-0.2, -0.15) is 0 Å². The molecule has 0 bridgehead atoms. The summed E-state index contributed by atoms with van der Waals surface area (Å²) in [5, 5.41) is 0. The van der Waals surface area contributed by atoms with Gasteiger partial charge < -0.3 is 14.2 Å². The topological polar surface area (TPSA) is 78.9 Å². The van der Waals surface area contributed by atoms with Crippen LogP contribution in [0.2, 0.25) is 0 Å². The monoisotopic (exact) mass is 973 g/mol. The highest BCUT2D eigenvalue weighted by molar-refractivity contribution is 5.72. The van der Waals surface area contributed by atoms with Gasteiger partial charge in [0.25, 0.3) is 0 Å². The van der Waals surface area contributed by atoms with Crippen LogP contribution in [0.3, 0.4) is 0 Å². The van der Waals surface area contributed by atoms with Crippen LogP contribution in [0.15, 0.2) is 97.2 Å². The average molecular weight is 974 g/mol. The van der Waals surface area contributed by atoms with Crippen LogP contribution in [0, 0.1) is 0 Å². The van der Waals surface area contributed by atoms with E-state index >= 15 is 0 Å². The van der Waals surface area contributed by atoms with Gasteiger partial charge in [-0.05, 0) is 77.0 Å². The van der Waals surface area contributed by atoms with Crippen molar-refractivity contribution in [3.63, 3.8) is 0 Å². The number of esters is 3. The molecule has 0 amide bonds. The van der Waals surface area contributed by atoms with E-state index < -0.39 is 12.1 Å². The summed E-state index contributed by atoms with van der Waals surface area (Å²) in [7, 11) is 0. The predicted octanol–water partition coefficient (Wildman–Crippen LogP) is 19.7. The van der Waals surface area contributed by atoms with Crippen molar-refractivity contribution in [3.8, 4) is 0 Å². The summed E-state index contributed by atoms with van der Waals surface area (Å²) in [5.74, 6) is -1.08. The summed E-state index contributed by atoms with van der Waals surface area (Å²) in [6, 6.07) is 0. The minimum atomic E-state index is -0.843. The highest BCUT2D eigenvalue weighted by atomic mass is 16.6. The molecule has 6 heteroatoms. The lowest BCUT2D eigenvalue weighted by molar-refractivity contribution is -0.166. The lowest BCUT2D eigenvalue weighted by Crippen LogP contribution is -2.30. The minimum Gasteiger partial charge on any atom is -0.462 e. The van der Waals surface area contributed by atoms with Gasteiger partial charge in [0.05, 0.1) is 6.42 Å². The molecule has 0 fully saturated rings. The van der Waals surface area contributed by atoms with E-state index in [1.165, 1.54) is 135 Å². The molecule has 0 aliphatic rings. The molecule has 1 atom stereocenters. The zero-order valence-corrected chi connectivity index (χ0v) is 45.8. The van der Waals surface area contributed by atoms with Gasteiger partial charge in [-0.25, -0.2) is 0 Å². The summed E-state index contributed by atoms with van der Waals surface area (Å²) in [6.07, 6.45) is 77.3. The molecule has 0 aromatic heterocycles. The van der Waals surface area contributed by atoms with E-state index in [1.807, 2.05) is 6.08 Å². The molecule has 1 unspecified atom stereocenters. The Labute approximate surface area is 432 Å². The smallest absolute Gasteiger partial charge is 0.310 e. The number of ether oxygens (including phenoxy) is 3. The molecule has 400 valence electrons. The Bertz CT molecular complexity index is 1400. The van der Waals surface area contributed by atoms with Gasteiger partial charge in [-0.1, -0.05) is 272 Å². The van der Waals surface area contributed by atoms with Crippen molar-refractivity contribution in [1.82, 2.24) is 0 Å². The molecule has 0 radical (unpaired) electrons. The second kappa shape index (κ2) is 57.9. The predicted molar refractivity (Wildman–Crippen MR) is 302 cm³/mol. The fourth-order valence-corrected chi connectivity index (χ4v) is 8.06. The largest absolute Gasteiger partial charge is 0.462 e. The van der Waals surface area contributed by atoms with Crippen molar-refractivity contribution in [2.45, 2.75) is 277 Å². The maximum absolute atomic E-state index is 12.8. The summed E-state index contributed by atoms with van der Waals surface area (Å²) in [6.45, 7) is 6.32. The SMILES string of the molecule is CC/C=C\C/C=C\C/C=C\C/C=C\C/C=C\CC(=O)OC(COC(=O)CCCCC/C=C\C/C=C\C/C=C\CC)COC(=O)CCCCCCCCCCCCCCCCCCCCCCCCCC. The molecule has 0 heterocycles. The first kappa shape index (κ1) is 66.3. The zero-order valence-electron chi connectivity index (χ0n) is 45.8.